The molecular formula is C20H27NO5S. The molecule has 1 atom stereocenters. The summed E-state index contributed by atoms with van der Waals surface area (Å²) < 4.78 is 34.1. The van der Waals surface area contributed by atoms with Crippen LogP contribution in [0.5, 0.6) is 17.2 Å². The molecule has 0 aliphatic heterocycles. The van der Waals surface area contributed by atoms with Crippen molar-refractivity contribution < 1.29 is 22.4 Å². The number of hydrogen-bond donors (Lipinski definition) is 2. The van der Waals surface area contributed by atoms with Crippen molar-refractivity contribution >= 4 is 10.1 Å². The van der Waals surface area contributed by atoms with E-state index in [1.807, 2.05) is 39.8 Å². The number of hydrogen-bond acceptors (Lipinski definition) is 6. The Kier molecular flexibility index (Phi) is 6.51. The van der Waals surface area contributed by atoms with Crippen LogP contribution in [0.4, 0.5) is 0 Å². The molecule has 0 aromatic heterocycles. The fourth-order valence-corrected chi connectivity index (χ4v) is 2.75. The summed E-state index contributed by atoms with van der Waals surface area (Å²) >= 11 is 0. The summed E-state index contributed by atoms with van der Waals surface area (Å²) in [5, 5.41) is 13.6. The highest BCUT2D eigenvalue weighted by molar-refractivity contribution is 7.86. The second-order valence-corrected chi connectivity index (χ2v) is 9.13. The van der Waals surface area contributed by atoms with Crippen LogP contribution < -0.4 is 14.2 Å². The minimum Gasteiger partial charge on any atom is -0.453 e. The second kappa shape index (κ2) is 8.29. The predicted molar refractivity (Wildman–Crippen MR) is 106 cm³/mol. The van der Waals surface area contributed by atoms with Crippen LogP contribution in [0.15, 0.2) is 42.5 Å². The van der Waals surface area contributed by atoms with Crippen LogP contribution in [0.3, 0.4) is 0 Å². The smallest absolute Gasteiger partial charge is 0.306 e. The zero-order valence-electron chi connectivity index (χ0n) is 16.3. The minimum absolute atomic E-state index is 0.0328. The molecule has 2 aromatic carbocycles. The average Bonchev–Trinajstić information content (AvgIpc) is 2.54. The van der Waals surface area contributed by atoms with E-state index in [1.165, 1.54) is 6.07 Å². The molecule has 0 amide bonds. The highest BCUT2D eigenvalue weighted by Crippen LogP contribution is 2.35. The van der Waals surface area contributed by atoms with E-state index in [9.17, 15) is 13.5 Å². The summed E-state index contributed by atoms with van der Waals surface area (Å²) in [5.74, 6) is 0.844. The van der Waals surface area contributed by atoms with Gasteiger partial charge in [0.05, 0.1) is 12.4 Å². The van der Waals surface area contributed by atoms with Crippen molar-refractivity contribution in [1.82, 2.24) is 5.32 Å². The molecule has 0 spiro atoms. The zero-order valence-corrected chi connectivity index (χ0v) is 17.1. The molecule has 0 bridgehead atoms. The maximum absolute atomic E-state index is 11.6. The summed E-state index contributed by atoms with van der Waals surface area (Å²) in [7, 11) is -3.75. The molecule has 0 heterocycles. The molecule has 0 fully saturated rings. The van der Waals surface area contributed by atoms with Crippen LogP contribution in [-0.2, 0) is 10.1 Å². The molecule has 2 rings (SSSR count). The minimum atomic E-state index is -3.75. The Labute approximate surface area is 161 Å². The lowest BCUT2D eigenvalue weighted by molar-refractivity contribution is 0.163. The van der Waals surface area contributed by atoms with Crippen molar-refractivity contribution in [2.24, 2.45) is 0 Å². The highest BCUT2D eigenvalue weighted by Gasteiger charge is 2.18. The number of rotatable bonds is 7. The molecule has 7 heteroatoms. The quantitative estimate of drug-likeness (QED) is 0.700. The van der Waals surface area contributed by atoms with Crippen molar-refractivity contribution in [2.45, 2.75) is 39.3 Å². The Hall–Kier alpha value is -2.09. The van der Waals surface area contributed by atoms with E-state index in [1.54, 1.807) is 24.3 Å². The van der Waals surface area contributed by atoms with E-state index in [0.29, 0.717) is 17.9 Å². The molecule has 0 saturated carbocycles. The van der Waals surface area contributed by atoms with Crippen molar-refractivity contribution in [3.05, 3.63) is 53.6 Å². The number of ether oxygens (including phenoxy) is 1. The zero-order chi connectivity index (χ0) is 20.2. The summed E-state index contributed by atoms with van der Waals surface area (Å²) in [6.07, 6.45) is 0.145. The molecule has 0 aliphatic rings. The van der Waals surface area contributed by atoms with Gasteiger partial charge in [0.1, 0.15) is 5.75 Å². The van der Waals surface area contributed by atoms with Crippen LogP contribution in [0.25, 0.3) is 0 Å². The van der Waals surface area contributed by atoms with Crippen molar-refractivity contribution in [3.63, 3.8) is 0 Å². The van der Waals surface area contributed by atoms with E-state index >= 15 is 0 Å². The standard InChI is InChI=1S/C20H27NO5S/c1-14-6-9-16(10-7-14)25-18-11-8-15(12-19(18)26-27(5,23)24)17(22)13-21-20(2,3)4/h6-12,17,21-22H,13H2,1-5H3. The highest BCUT2D eigenvalue weighted by atomic mass is 32.2. The fraction of sp³-hybridized carbons (Fsp3) is 0.400. The lowest BCUT2D eigenvalue weighted by atomic mass is 10.1. The van der Waals surface area contributed by atoms with Gasteiger partial charge in [0.2, 0.25) is 0 Å². The van der Waals surface area contributed by atoms with Gasteiger partial charge in [0.25, 0.3) is 0 Å². The van der Waals surface area contributed by atoms with Gasteiger partial charge in [-0.1, -0.05) is 23.8 Å². The largest absolute Gasteiger partial charge is 0.453 e. The normalized spacial score (nSPS) is 13.3. The topological polar surface area (TPSA) is 84.9 Å². The maximum Gasteiger partial charge on any atom is 0.306 e. The van der Waals surface area contributed by atoms with E-state index in [4.69, 9.17) is 8.92 Å². The van der Waals surface area contributed by atoms with Gasteiger partial charge >= 0.3 is 10.1 Å². The lowest BCUT2D eigenvalue weighted by Crippen LogP contribution is -2.38. The molecule has 0 aliphatic carbocycles. The van der Waals surface area contributed by atoms with E-state index < -0.39 is 16.2 Å². The monoisotopic (exact) mass is 393 g/mol. The van der Waals surface area contributed by atoms with Gasteiger partial charge < -0.3 is 19.3 Å². The molecule has 0 radical (unpaired) electrons. The van der Waals surface area contributed by atoms with Crippen LogP contribution in [0.2, 0.25) is 0 Å². The predicted octanol–water partition coefficient (Wildman–Crippen LogP) is 3.55. The summed E-state index contributed by atoms with van der Waals surface area (Å²) in [6, 6.07) is 12.1. The molecule has 27 heavy (non-hydrogen) atoms. The van der Waals surface area contributed by atoms with Crippen LogP contribution in [0.1, 0.15) is 38.0 Å². The van der Waals surface area contributed by atoms with Crippen LogP contribution in [0, 0.1) is 6.92 Å². The van der Waals surface area contributed by atoms with Crippen molar-refractivity contribution in [2.75, 3.05) is 12.8 Å². The summed E-state index contributed by atoms with van der Waals surface area (Å²) in [6.45, 7) is 8.27. The first-order valence-electron chi connectivity index (χ1n) is 8.64. The van der Waals surface area contributed by atoms with Crippen molar-refractivity contribution in [3.8, 4) is 17.2 Å². The van der Waals surface area contributed by atoms with Gasteiger partial charge in [-0.3, -0.25) is 0 Å². The first kappa shape index (κ1) is 21.2. The molecule has 2 aromatic rings. The van der Waals surface area contributed by atoms with Crippen LogP contribution >= 0.6 is 0 Å². The summed E-state index contributed by atoms with van der Waals surface area (Å²) in [5.41, 5.74) is 1.46. The Morgan fingerprint density at radius 3 is 2.26 bits per heavy atom. The Balaban J connectivity index is 2.29. The fourth-order valence-electron chi connectivity index (χ4n) is 2.30. The number of nitrogens with one attached hydrogen (secondary N) is 1. The lowest BCUT2D eigenvalue weighted by Gasteiger charge is -2.23. The van der Waals surface area contributed by atoms with E-state index in [2.05, 4.69) is 5.32 Å². The van der Waals surface area contributed by atoms with Gasteiger partial charge in [0, 0.05) is 12.1 Å². The molecule has 2 N–H and O–H groups in total. The number of aryl methyl sites for hydroxylation is 1. The SMILES string of the molecule is Cc1ccc(Oc2ccc(C(O)CNC(C)(C)C)cc2OS(C)(=O)=O)cc1. The number of benzene rings is 2. The first-order valence-corrected chi connectivity index (χ1v) is 10.5. The molecule has 1 unspecified atom stereocenters. The van der Waals surface area contributed by atoms with E-state index in [0.717, 1.165) is 11.8 Å². The molecule has 6 nitrogen and oxygen atoms in total. The van der Waals surface area contributed by atoms with Gasteiger partial charge in [-0.15, -0.1) is 0 Å². The second-order valence-electron chi connectivity index (χ2n) is 7.56. The summed E-state index contributed by atoms with van der Waals surface area (Å²) in [4.78, 5) is 0. The number of aliphatic hydroxyl groups is 1. The molecule has 148 valence electrons. The van der Waals surface area contributed by atoms with Gasteiger partial charge in [-0.25, -0.2) is 0 Å². The van der Waals surface area contributed by atoms with Gasteiger partial charge in [-0.2, -0.15) is 8.42 Å². The van der Waals surface area contributed by atoms with Gasteiger partial charge in [0.15, 0.2) is 11.5 Å². The van der Waals surface area contributed by atoms with Gasteiger partial charge in [-0.05, 0) is 57.5 Å². The van der Waals surface area contributed by atoms with Crippen molar-refractivity contribution in [1.29, 1.82) is 0 Å². The maximum atomic E-state index is 11.6. The Morgan fingerprint density at radius 1 is 1.07 bits per heavy atom. The van der Waals surface area contributed by atoms with E-state index in [-0.39, 0.29) is 17.0 Å². The molecule has 0 saturated heterocycles. The van der Waals surface area contributed by atoms with Crippen LogP contribution in [-0.4, -0.2) is 31.9 Å². The first-order chi connectivity index (χ1) is 12.4. The Bertz CT molecular complexity index is 870. The third-order valence-corrected chi connectivity index (χ3v) is 4.15. The third kappa shape index (κ3) is 7.21. The molecular weight excluding hydrogens is 366 g/mol. The Morgan fingerprint density at radius 2 is 1.70 bits per heavy atom. The third-order valence-electron chi connectivity index (χ3n) is 3.67. The number of aliphatic hydroxyl groups excluding tert-OH is 1. The average molecular weight is 394 g/mol. The number of β-amino-alcohol motifs (C(OH)–C–C–N with tert-alkyl or cyclic N) is 1.